The van der Waals surface area contributed by atoms with Gasteiger partial charge in [-0.05, 0) is 47.3 Å². The summed E-state index contributed by atoms with van der Waals surface area (Å²) in [5, 5.41) is 3.31. The van der Waals surface area contributed by atoms with E-state index in [2.05, 4.69) is 31.2 Å². The Morgan fingerprint density at radius 2 is 2.00 bits per heavy atom. The van der Waals surface area contributed by atoms with Gasteiger partial charge >= 0.3 is 5.97 Å². The largest absolute Gasteiger partial charge is 0.465 e. The lowest BCUT2D eigenvalue weighted by Gasteiger charge is -2.22. The van der Waals surface area contributed by atoms with Crippen molar-refractivity contribution in [2.45, 2.75) is 45.7 Å². The molecule has 0 bridgehead atoms. The van der Waals surface area contributed by atoms with Gasteiger partial charge < -0.3 is 15.0 Å². The fraction of sp³-hybridized carbons (Fsp3) is 0.917. The van der Waals surface area contributed by atoms with Crippen LogP contribution in [0.15, 0.2) is 0 Å². The first-order valence-electron chi connectivity index (χ1n) is 6.08. The Morgan fingerprint density at radius 1 is 1.38 bits per heavy atom. The molecule has 0 aliphatic rings. The predicted octanol–water partition coefficient (Wildman–Crippen LogP) is 1.26. The lowest BCUT2D eigenvalue weighted by molar-refractivity contribution is -0.146. The van der Waals surface area contributed by atoms with Gasteiger partial charge in [0.05, 0.1) is 6.61 Å². The Morgan fingerprint density at radius 3 is 2.44 bits per heavy atom. The van der Waals surface area contributed by atoms with Crippen molar-refractivity contribution in [2.24, 2.45) is 0 Å². The molecule has 0 aromatic carbocycles. The fourth-order valence-electron chi connectivity index (χ4n) is 1.47. The average Bonchev–Trinajstić information content (AvgIpc) is 2.23. The highest BCUT2D eigenvalue weighted by molar-refractivity contribution is 5.75. The molecule has 0 saturated heterocycles. The molecule has 16 heavy (non-hydrogen) atoms. The summed E-state index contributed by atoms with van der Waals surface area (Å²) < 4.78 is 5.01. The minimum atomic E-state index is -0.169. The van der Waals surface area contributed by atoms with Crippen LogP contribution >= 0.6 is 0 Å². The SMILES string of the molecule is CCOC(=O)C(CC)NC(C)CCN(C)C. The molecule has 4 nitrogen and oxygen atoms in total. The number of esters is 1. The number of nitrogens with zero attached hydrogens (tertiary/aromatic N) is 1. The second-order valence-corrected chi connectivity index (χ2v) is 4.37. The van der Waals surface area contributed by atoms with Crippen LogP contribution in [-0.2, 0) is 9.53 Å². The number of carbonyl (C=O) groups excluding carboxylic acids is 1. The first kappa shape index (κ1) is 15.4. The fourth-order valence-corrected chi connectivity index (χ4v) is 1.47. The Hall–Kier alpha value is -0.610. The van der Waals surface area contributed by atoms with E-state index < -0.39 is 0 Å². The number of hydrogen-bond donors (Lipinski definition) is 1. The topological polar surface area (TPSA) is 41.6 Å². The maximum absolute atomic E-state index is 11.6. The third kappa shape index (κ3) is 6.80. The Bertz CT molecular complexity index is 195. The van der Waals surface area contributed by atoms with Gasteiger partial charge in [-0.1, -0.05) is 6.92 Å². The van der Waals surface area contributed by atoms with Crippen LogP contribution in [0.5, 0.6) is 0 Å². The van der Waals surface area contributed by atoms with E-state index in [0.717, 1.165) is 19.4 Å². The molecule has 0 rings (SSSR count). The minimum absolute atomic E-state index is 0.137. The smallest absolute Gasteiger partial charge is 0.323 e. The zero-order chi connectivity index (χ0) is 12.6. The number of rotatable bonds is 8. The molecule has 2 unspecified atom stereocenters. The second-order valence-electron chi connectivity index (χ2n) is 4.37. The van der Waals surface area contributed by atoms with Gasteiger partial charge in [0.2, 0.25) is 0 Å². The molecule has 0 saturated carbocycles. The Labute approximate surface area is 99.3 Å². The lowest BCUT2D eigenvalue weighted by atomic mass is 10.1. The Kier molecular flexibility index (Phi) is 8.21. The van der Waals surface area contributed by atoms with Gasteiger partial charge in [0.1, 0.15) is 6.04 Å². The van der Waals surface area contributed by atoms with Crippen LogP contribution in [-0.4, -0.2) is 50.2 Å². The van der Waals surface area contributed by atoms with Gasteiger partial charge in [-0.15, -0.1) is 0 Å². The highest BCUT2D eigenvalue weighted by Gasteiger charge is 2.19. The summed E-state index contributed by atoms with van der Waals surface area (Å²) in [7, 11) is 4.10. The van der Waals surface area contributed by atoms with E-state index in [1.807, 2.05) is 13.8 Å². The van der Waals surface area contributed by atoms with Crippen molar-refractivity contribution in [3.05, 3.63) is 0 Å². The maximum Gasteiger partial charge on any atom is 0.323 e. The van der Waals surface area contributed by atoms with Crippen molar-refractivity contribution in [1.29, 1.82) is 0 Å². The van der Waals surface area contributed by atoms with E-state index in [0.29, 0.717) is 12.6 Å². The molecule has 0 aromatic rings. The summed E-state index contributed by atoms with van der Waals surface area (Å²) in [5.41, 5.74) is 0. The molecule has 96 valence electrons. The summed E-state index contributed by atoms with van der Waals surface area (Å²) in [6.07, 6.45) is 1.80. The van der Waals surface area contributed by atoms with Gasteiger partial charge in [-0.3, -0.25) is 4.79 Å². The van der Waals surface area contributed by atoms with E-state index in [-0.39, 0.29) is 12.0 Å². The van der Waals surface area contributed by atoms with Crippen LogP contribution in [0.1, 0.15) is 33.6 Å². The first-order valence-corrected chi connectivity index (χ1v) is 6.08. The summed E-state index contributed by atoms with van der Waals surface area (Å²) in [6.45, 7) is 7.40. The van der Waals surface area contributed by atoms with E-state index in [1.54, 1.807) is 0 Å². The van der Waals surface area contributed by atoms with E-state index >= 15 is 0 Å². The number of hydrogen-bond acceptors (Lipinski definition) is 4. The van der Waals surface area contributed by atoms with Crippen molar-refractivity contribution < 1.29 is 9.53 Å². The predicted molar refractivity (Wildman–Crippen MR) is 66.5 cm³/mol. The van der Waals surface area contributed by atoms with E-state index in [4.69, 9.17) is 4.74 Å². The van der Waals surface area contributed by atoms with Crippen LogP contribution < -0.4 is 5.32 Å². The van der Waals surface area contributed by atoms with Crippen LogP contribution in [0, 0.1) is 0 Å². The zero-order valence-corrected chi connectivity index (χ0v) is 11.2. The third-order valence-corrected chi connectivity index (χ3v) is 2.47. The summed E-state index contributed by atoms with van der Waals surface area (Å²) >= 11 is 0. The van der Waals surface area contributed by atoms with Crippen molar-refractivity contribution >= 4 is 5.97 Å². The van der Waals surface area contributed by atoms with Gasteiger partial charge in [0.25, 0.3) is 0 Å². The molecule has 0 amide bonds. The van der Waals surface area contributed by atoms with Crippen LogP contribution in [0.4, 0.5) is 0 Å². The van der Waals surface area contributed by atoms with Gasteiger partial charge in [0.15, 0.2) is 0 Å². The summed E-state index contributed by atoms with van der Waals surface area (Å²) in [5.74, 6) is -0.137. The second kappa shape index (κ2) is 8.53. The standard InChI is InChI=1S/C12H26N2O2/c1-6-11(12(15)16-7-2)13-10(3)8-9-14(4)5/h10-11,13H,6-9H2,1-5H3. The number of nitrogens with one attached hydrogen (secondary N) is 1. The molecular formula is C12H26N2O2. The molecule has 0 spiro atoms. The van der Waals surface area contributed by atoms with Gasteiger partial charge in [-0.25, -0.2) is 0 Å². The quantitative estimate of drug-likeness (QED) is 0.637. The van der Waals surface area contributed by atoms with Crippen LogP contribution in [0.2, 0.25) is 0 Å². The van der Waals surface area contributed by atoms with E-state index in [9.17, 15) is 4.79 Å². The molecular weight excluding hydrogens is 204 g/mol. The molecule has 4 heteroatoms. The minimum Gasteiger partial charge on any atom is -0.465 e. The van der Waals surface area contributed by atoms with Crippen molar-refractivity contribution in [2.75, 3.05) is 27.2 Å². The molecule has 1 N–H and O–H groups in total. The molecule has 0 aliphatic carbocycles. The van der Waals surface area contributed by atoms with Gasteiger partial charge in [-0.2, -0.15) is 0 Å². The van der Waals surface area contributed by atoms with Gasteiger partial charge in [0, 0.05) is 6.04 Å². The van der Waals surface area contributed by atoms with E-state index in [1.165, 1.54) is 0 Å². The molecule has 0 aliphatic heterocycles. The number of ether oxygens (including phenoxy) is 1. The summed E-state index contributed by atoms with van der Waals surface area (Å²) in [6, 6.07) is 0.161. The van der Waals surface area contributed by atoms with Crippen molar-refractivity contribution in [3.63, 3.8) is 0 Å². The molecule has 0 radical (unpaired) electrons. The molecule has 0 heterocycles. The molecule has 2 atom stereocenters. The lowest BCUT2D eigenvalue weighted by Crippen LogP contribution is -2.43. The highest BCUT2D eigenvalue weighted by Crippen LogP contribution is 2.00. The molecule has 0 fully saturated rings. The average molecular weight is 230 g/mol. The Balaban J connectivity index is 3.96. The maximum atomic E-state index is 11.6. The summed E-state index contributed by atoms with van der Waals surface area (Å²) in [4.78, 5) is 13.7. The monoisotopic (exact) mass is 230 g/mol. The normalized spacial score (nSPS) is 14.9. The number of carbonyl (C=O) groups is 1. The van der Waals surface area contributed by atoms with Crippen molar-refractivity contribution in [1.82, 2.24) is 10.2 Å². The van der Waals surface area contributed by atoms with Crippen molar-refractivity contribution in [3.8, 4) is 0 Å². The third-order valence-electron chi connectivity index (χ3n) is 2.47. The first-order chi connectivity index (χ1) is 7.51. The highest BCUT2D eigenvalue weighted by atomic mass is 16.5. The van der Waals surface area contributed by atoms with Crippen LogP contribution in [0.3, 0.4) is 0 Å². The zero-order valence-electron chi connectivity index (χ0n) is 11.2. The van der Waals surface area contributed by atoms with Crippen LogP contribution in [0.25, 0.3) is 0 Å². The molecule has 0 aromatic heterocycles.